The van der Waals surface area contributed by atoms with Gasteiger partial charge in [0.25, 0.3) is 5.24 Å². The third kappa shape index (κ3) is 2.83. The predicted molar refractivity (Wildman–Crippen MR) is 55.8 cm³/mol. The van der Waals surface area contributed by atoms with Gasteiger partial charge in [-0.05, 0) is 23.7 Å². The van der Waals surface area contributed by atoms with Crippen molar-refractivity contribution in [3.63, 3.8) is 0 Å². The summed E-state index contributed by atoms with van der Waals surface area (Å²) in [6.07, 6.45) is 0. The van der Waals surface area contributed by atoms with Crippen LogP contribution in [0.15, 0.2) is 30.3 Å². The summed E-state index contributed by atoms with van der Waals surface area (Å²) >= 11 is 5.36. The highest BCUT2D eigenvalue weighted by Crippen LogP contribution is 2.17. The molecule has 1 aromatic carbocycles. The van der Waals surface area contributed by atoms with Crippen LogP contribution in [0.1, 0.15) is 0 Å². The van der Waals surface area contributed by atoms with Crippen LogP contribution in [0, 0.1) is 0 Å². The minimum Gasteiger partial charge on any atom is -0.289 e. The van der Waals surface area contributed by atoms with E-state index in [2.05, 4.69) is 0 Å². The normalized spacial score (nSPS) is 11.3. The maximum atomic E-state index is 10.8. The van der Waals surface area contributed by atoms with Crippen LogP contribution in [0.3, 0.4) is 0 Å². The number of hydrogen-bond acceptors (Lipinski definition) is 1. The Kier molecular flexibility index (Phi) is 3.07. The number of benzene rings is 1. The molecule has 1 aromatic rings. The molecule has 0 radical (unpaired) electrons. The SMILES string of the molecule is C[N+](C)(CC(=O)Cl)c1ccccc1. The quantitative estimate of drug-likeness (QED) is 0.537. The summed E-state index contributed by atoms with van der Waals surface area (Å²) in [4.78, 5) is 10.8. The molecule has 0 aliphatic carbocycles. The monoisotopic (exact) mass is 198 g/mol. The molecular weight excluding hydrogens is 186 g/mol. The van der Waals surface area contributed by atoms with Gasteiger partial charge in [0.1, 0.15) is 5.69 Å². The zero-order valence-corrected chi connectivity index (χ0v) is 8.58. The number of hydrogen-bond donors (Lipinski definition) is 0. The molecular formula is C10H13ClNO+. The van der Waals surface area contributed by atoms with Gasteiger partial charge in [0, 0.05) is 0 Å². The zero-order valence-electron chi connectivity index (χ0n) is 7.83. The molecule has 70 valence electrons. The summed E-state index contributed by atoms with van der Waals surface area (Å²) in [7, 11) is 3.91. The van der Waals surface area contributed by atoms with Crippen molar-refractivity contribution in [2.75, 3.05) is 20.6 Å². The number of quaternary nitrogens is 1. The van der Waals surface area contributed by atoms with E-state index in [9.17, 15) is 4.79 Å². The van der Waals surface area contributed by atoms with Crippen molar-refractivity contribution in [1.29, 1.82) is 0 Å². The van der Waals surface area contributed by atoms with Gasteiger partial charge in [0.05, 0.1) is 14.1 Å². The Balaban J connectivity index is 2.87. The summed E-state index contributed by atoms with van der Waals surface area (Å²) in [5.41, 5.74) is 1.08. The second kappa shape index (κ2) is 3.90. The summed E-state index contributed by atoms with van der Waals surface area (Å²) in [6, 6.07) is 9.83. The average molecular weight is 199 g/mol. The van der Waals surface area contributed by atoms with E-state index in [-0.39, 0.29) is 5.24 Å². The first-order chi connectivity index (χ1) is 6.02. The highest BCUT2D eigenvalue weighted by atomic mass is 35.5. The van der Waals surface area contributed by atoms with Crippen molar-refractivity contribution in [3.05, 3.63) is 30.3 Å². The molecule has 0 saturated carbocycles. The Hall–Kier alpha value is -0.860. The number of carbonyl (C=O) groups excluding carboxylic acids is 1. The van der Waals surface area contributed by atoms with Gasteiger partial charge < -0.3 is 0 Å². The standard InChI is InChI=1S/C10H13ClNO/c1-12(2,8-10(11)13)9-6-4-3-5-7-9/h3-7H,8H2,1-2H3/q+1. The summed E-state index contributed by atoms with van der Waals surface area (Å²) in [5.74, 6) is 0. The second-order valence-corrected chi connectivity index (χ2v) is 3.96. The molecule has 3 heteroatoms. The lowest BCUT2D eigenvalue weighted by molar-refractivity contribution is -0.112. The largest absolute Gasteiger partial charge is 0.289 e. The van der Waals surface area contributed by atoms with Crippen LogP contribution in [0.25, 0.3) is 0 Å². The van der Waals surface area contributed by atoms with Crippen LogP contribution in [-0.4, -0.2) is 25.9 Å². The Labute approximate surface area is 83.3 Å². The van der Waals surface area contributed by atoms with E-state index in [0.29, 0.717) is 11.0 Å². The smallest absolute Gasteiger partial charge is 0.276 e. The van der Waals surface area contributed by atoms with E-state index in [1.807, 2.05) is 44.4 Å². The molecule has 0 saturated heterocycles. The average Bonchev–Trinajstić information content (AvgIpc) is 2.04. The Morgan fingerprint density at radius 2 is 1.85 bits per heavy atom. The van der Waals surface area contributed by atoms with E-state index in [0.717, 1.165) is 5.69 Å². The molecule has 0 bridgehead atoms. The van der Waals surface area contributed by atoms with Gasteiger partial charge in [-0.25, -0.2) is 0 Å². The summed E-state index contributed by atoms with van der Waals surface area (Å²) < 4.78 is 0.489. The van der Waals surface area contributed by atoms with Crippen LogP contribution in [0.2, 0.25) is 0 Å². The molecule has 2 nitrogen and oxygen atoms in total. The number of carbonyl (C=O) groups is 1. The van der Waals surface area contributed by atoms with Gasteiger partial charge in [-0.3, -0.25) is 9.28 Å². The Morgan fingerprint density at radius 3 is 2.31 bits per heavy atom. The van der Waals surface area contributed by atoms with Crippen LogP contribution in [0.4, 0.5) is 5.69 Å². The molecule has 0 aliphatic heterocycles. The summed E-state index contributed by atoms with van der Waals surface area (Å²) in [5, 5.41) is -0.311. The topological polar surface area (TPSA) is 17.1 Å². The number of nitrogens with zero attached hydrogens (tertiary/aromatic N) is 1. The van der Waals surface area contributed by atoms with Crippen molar-refractivity contribution in [2.24, 2.45) is 0 Å². The van der Waals surface area contributed by atoms with Crippen molar-refractivity contribution in [1.82, 2.24) is 4.48 Å². The number of para-hydroxylation sites is 1. The highest BCUT2D eigenvalue weighted by molar-refractivity contribution is 6.64. The van der Waals surface area contributed by atoms with Crippen LogP contribution in [0.5, 0.6) is 0 Å². The molecule has 1 rings (SSSR count). The lowest BCUT2D eigenvalue weighted by Crippen LogP contribution is -2.43. The second-order valence-electron chi connectivity index (χ2n) is 3.53. The van der Waals surface area contributed by atoms with Crippen molar-refractivity contribution in [3.8, 4) is 0 Å². The molecule has 0 atom stereocenters. The van der Waals surface area contributed by atoms with Gasteiger partial charge in [-0.15, -0.1) is 0 Å². The highest BCUT2D eigenvalue weighted by Gasteiger charge is 2.21. The van der Waals surface area contributed by atoms with E-state index in [1.165, 1.54) is 0 Å². The Bertz CT molecular complexity index is 295. The molecule has 0 aromatic heterocycles. The zero-order chi connectivity index (χ0) is 9.90. The lowest BCUT2D eigenvalue weighted by atomic mass is 10.2. The predicted octanol–water partition coefficient (Wildman–Crippen LogP) is 2.02. The van der Waals surface area contributed by atoms with Gasteiger partial charge >= 0.3 is 0 Å². The van der Waals surface area contributed by atoms with E-state index in [4.69, 9.17) is 11.6 Å². The maximum Gasteiger partial charge on any atom is 0.276 e. The fraction of sp³-hybridized carbons (Fsp3) is 0.300. The fourth-order valence-electron chi connectivity index (χ4n) is 1.23. The molecule has 0 heterocycles. The lowest BCUT2D eigenvalue weighted by Gasteiger charge is -2.27. The van der Waals surface area contributed by atoms with Gasteiger partial charge in [0.15, 0.2) is 6.54 Å². The first-order valence-electron chi connectivity index (χ1n) is 4.09. The molecule has 0 unspecified atom stereocenters. The Morgan fingerprint density at radius 1 is 1.31 bits per heavy atom. The molecule has 0 aliphatic rings. The van der Waals surface area contributed by atoms with Crippen LogP contribution >= 0.6 is 11.6 Å². The minimum absolute atomic E-state index is 0.311. The molecule has 13 heavy (non-hydrogen) atoms. The molecule has 0 spiro atoms. The van der Waals surface area contributed by atoms with E-state index >= 15 is 0 Å². The first-order valence-corrected chi connectivity index (χ1v) is 4.47. The van der Waals surface area contributed by atoms with Gasteiger partial charge in [0.2, 0.25) is 0 Å². The third-order valence-electron chi connectivity index (χ3n) is 1.97. The van der Waals surface area contributed by atoms with Gasteiger partial charge in [-0.1, -0.05) is 18.2 Å². The maximum absolute atomic E-state index is 10.8. The number of rotatable bonds is 3. The van der Waals surface area contributed by atoms with Crippen molar-refractivity contribution >= 4 is 22.5 Å². The van der Waals surface area contributed by atoms with Crippen LogP contribution in [-0.2, 0) is 4.79 Å². The molecule has 0 fully saturated rings. The fourth-order valence-corrected chi connectivity index (χ4v) is 1.53. The van der Waals surface area contributed by atoms with E-state index < -0.39 is 0 Å². The third-order valence-corrected chi connectivity index (χ3v) is 2.09. The van der Waals surface area contributed by atoms with Gasteiger partial charge in [-0.2, -0.15) is 0 Å². The molecule has 0 amide bonds. The van der Waals surface area contributed by atoms with Crippen molar-refractivity contribution < 1.29 is 4.79 Å². The first kappa shape index (κ1) is 10.2. The summed E-state index contributed by atoms with van der Waals surface area (Å²) in [6.45, 7) is 0.311. The molecule has 0 N–H and O–H groups in total. The van der Waals surface area contributed by atoms with E-state index in [1.54, 1.807) is 0 Å². The minimum atomic E-state index is -0.311. The number of halogens is 1. The van der Waals surface area contributed by atoms with Crippen molar-refractivity contribution in [2.45, 2.75) is 0 Å². The number of likely N-dealkylation sites (N-methyl/N-ethyl adjacent to an activating group) is 1. The van der Waals surface area contributed by atoms with Crippen LogP contribution < -0.4 is 4.48 Å².